The van der Waals surface area contributed by atoms with Gasteiger partial charge >= 0.3 is 0 Å². The van der Waals surface area contributed by atoms with Crippen molar-refractivity contribution in [2.75, 3.05) is 10.0 Å². The van der Waals surface area contributed by atoms with Crippen molar-refractivity contribution in [3.05, 3.63) is 54.4 Å². The van der Waals surface area contributed by atoms with E-state index in [1.54, 1.807) is 0 Å². The summed E-state index contributed by atoms with van der Waals surface area (Å²) in [5, 5.41) is 7.05. The zero-order valence-electron chi connectivity index (χ0n) is 17.9. The second-order valence-corrected chi connectivity index (χ2v) is 9.43. The molecule has 1 unspecified atom stereocenters. The van der Waals surface area contributed by atoms with Crippen LogP contribution in [0, 0.1) is 11.3 Å². The lowest BCUT2D eigenvalue weighted by atomic mass is 10.1. The third-order valence-electron chi connectivity index (χ3n) is 5.51. The lowest BCUT2D eigenvalue weighted by Gasteiger charge is -2.12. The maximum absolute atomic E-state index is 12.2. The molecule has 8 heteroatoms. The summed E-state index contributed by atoms with van der Waals surface area (Å²) in [5.74, 6) is 1.30. The van der Waals surface area contributed by atoms with E-state index in [0.29, 0.717) is 11.7 Å². The third kappa shape index (κ3) is 5.08. The molecular weight excluding hydrogens is 410 g/mol. The van der Waals surface area contributed by atoms with Gasteiger partial charge in [0.05, 0.1) is 6.04 Å². The molecule has 3 aromatic rings. The lowest BCUT2D eigenvalue weighted by Crippen LogP contribution is -2.21. The van der Waals surface area contributed by atoms with E-state index in [0.717, 1.165) is 34.7 Å². The topological polar surface area (TPSA) is 106 Å². The Bertz CT molecular complexity index is 1060. The molecule has 1 atom stereocenters. The van der Waals surface area contributed by atoms with Crippen molar-refractivity contribution in [3.8, 4) is 11.4 Å². The highest BCUT2D eigenvalue weighted by molar-refractivity contribution is 8.00. The van der Waals surface area contributed by atoms with Crippen molar-refractivity contribution in [2.45, 2.75) is 44.6 Å². The number of carbonyl (C=O) groups is 1. The summed E-state index contributed by atoms with van der Waals surface area (Å²) in [4.78, 5) is 17.7. The van der Waals surface area contributed by atoms with Crippen LogP contribution in [-0.4, -0.2) is 16.0 Å². The monoisotopic (exact) mass is 437 g/mol. The number of nitrogens with zero attached hydrogens (tertiary/aromatic N) is 2. The predicted molar refractivity (Wildman–Crippen MR) is 123 cm³/mol. The minimum absolute atomic E-state index is 0.0897. The van der Waals surface area contributed by atoms with Crippen LogP contribution in [-0.2, 0) is 4.79 Å². The molecule has 0 bridgehead atoms. The zero-order chi connectivity index (χ0) is 22.0. The average Bonchev–Trinajstić information content (AvgIpc) is 3.33. The third-order valence-corrected chi connectivity index (χ3v) is 6.36. The SMILES string of the molecule is CC(C)C(N)c1nc(-c2ccc(SNc3cccc(NC(=O)C4(C)CC4)c3)cc2)no1. The highest BCUT2D eigenvalue weighted by Gasteiger charge is 2.44. The van der Waals surface area contributed by atoms with Crippen molar-refractivity contribution in [1.29, 1.82) is 0 Å². The first-order valence-corrected chi connectivity index (χ1v) is 11.2. The van der Waals surface area contributed by atoms with Crippen molar-refractivity contribution >= 4 is 29.2 Å². The van der Waals surface area contributed by atoms with E-state index in [1.807, 2.05) is 69.3 Å². The molecule has 1 fully saturated rings. The molecule has 1 aliphatic rings. The van der Waals surface area contributed by atoms with Gasteiger partial charge in [-0.25, -0.2) is 0 Å². The molecule has 1 heterocycles. The van der Waals surface area contributed by atoms with Crippen molar-refractivity contribution < 1.29 is 9.32 Å². The summed E-state index contributed by atoms with van der Waals surface area (Å²) in [6, 6.07) is 15.3. The Morgan fingerprint density at radius 3 is 2.55 bits per heavy atom. The van der Waals surface area contributed by atoms with Crippen molar-refractivity contribution in [2.24, 2.45) is 17.1 Å². The van der Waals surface area contributed by atoms with Gasteiger partial charge in [-0.05, 0) is 73.2 Å². The Morgan fingerprint density at radius 2 is 1.87 bits per heavy atom. The molecule has 2 aromatic carbocycles. The van der Waals surface area contributed by atoms with Crippen LogP contribution in [0.1, 0.15) is 45.5 Å². The summed E-state index contributed by atoms with van der Waals surface area (Å²) in [5.41, 5.74) is 8.47. The molecule has 0 radical (unpaired) electrons. The number of aromatic nitrogens is 2. The Morgan fingerprint density at radius 1 is 1.16 bits per heavy atom. The number of nitrogens with two attached hydrogens (primary N) is 1. The van der Waals surface area contributed by atoms with E-state index >= 15 is 0 Å². The minimum atomic E-state index is -0.270. The number of rotatable bonds is 8. The van der Waals surface area contributed by atoms with Gasteiger partial charge in [-0.2, -0.15) is 4.98 Å². The van der Waals surface area contributed by atoms with Crippen LogP contribution in [0.5, 0.6) is 0 Å². The number of amides is 1. The van der Waals surface area contributed by atoms with E-state index in [9.17, 15) is 4.79 Å². The zero-order valence-corrected chi connectivity index (χ0v) is 18.7. The van der Waals surface area contributed by atoms with Gasteiger partial charge in [0.2, 0.25) is 17.6 Å². The smallest absolute Gasteiger partial charge is 0.244 e. The molecule has 31 heavy (non-hydrogen) atoms. The highest BCUT2D eigenvalue weighted by atomic mass is 32.2. The molecule has 0 saturated heterocycles. The highest BCUT2D eigenvalue weighted by Crippen LogP contribution is 2.45. The molecule has 0 aliphatic heterocycles. The first kappa shape index (κ1) is 21.4. The summed E-state index contributed by atoms with van der Waals surface area (Å²) in [6.45, 7) is 6.03. The summed E-state index contributed by atoms with van der Waals surface area (Å²) >= 11 is 1.49. The molecule has 0 spiro atoms. The van der Waals surface area contributed by atoms with Crippen LogP contribution >= 0.6 is 11.9 Å². The number of hydrogen-bond acceptors (Lipinski definition) is 7. The van der Waals surface area contributed by atoms with Crippen LogP contribution < -0.4 is 15.8 Å². The predicted octanol–water partition coefficient (Wildman–Crippen LogP) is 5.25. The summed E-state index contributed by atoms with van der Waals surface area (Å²) in [7, 11) is 0. The van der Waals surface area contributed by atoms with Gasteiger partial charge in [-0.1, -0.05) is 32.0 Å². The summed E-state index contributed by atoms with van der Waals surface area (Å²) in [6.07, 6.45) is 1.91. The number of benzene rings is 2. The fourth-order valence-electron chi connectivity index (χ4n) is 2.92. The maximum atomic E-state index is 12.2. The fraction of sp³-hybridized carbons (Fsp3) is 0.348. The standard InChI is InChI=1S/C23H27N5O2S/c1-14(2)19(24)21-26-20(27-30-21)15-7-9-18(10-8-15)31-28-17-6-4-5-16(13-17)25-22(29)23(3)11-12-23/h4-10,13-14,19,28H,11-12,24H2,1-3H3,(H,25,29). The number of nitrogens with one attached hydrogen (secondary N) is 2. The Kier molecular flexibility index (Phi) is 6.02. The quantitative estimate of drug-likeness (QED) is 0.413. The second kappa shape index (κ2) is 8.72. The largest absolute Gasteiger partial charge is 0.337 e. The summed E-state index contributed by atoms with van der Waals surface area (Å²) < 4.78 is 8.63. The minimum Gasteiger partial charge on any atom is -0.337 e. The van der Waals surface area contributed by atoms with E-state index < -0.39 is 0 Å². The van der Waals surface area contributed by atoms with Gasteiger partial charge in [-0.15, -0.1) is 0 Å². The first-order valence-electron chi connectivity index (χ1n) is 10.4. The van der Waals surface area contributed by atoms with Crippen molar-refractivity contribution in [1.82, 2.24) is 10.1 Å². The van der Waals surface area contributed by atoms with Gasteiger partial charge in [0.25, 0.3) is 0 Å². The Balaban J connectivity index is 1.36. The average molecular weight is 438 g/mol. The second-order valence-electron chi connectivity index (χ2n) is 8.55. The molecule has 4 N–H and O–H groups in total. The molecule has 1 aromatic heterocycles. The van der Waals surface area contributed by atoms with Gasteiger partial charge in [0, 0.05) is 27.2 Å². The molecule has 7 nitrogen and oxygen atoms in total. The molecule has 4 rings (SSSR count). The van der Waals surface area contributed by atoms with Crippen molar-refractivity contribution in [3.63, 3.8) is 0 Å². The van der Waals surface area contributed by atoms with E-state index in [2.05, 4.69) is 20.2 Å². The van der Waals surface area contributed by atoms with E-state index in [1.165, 1.54) is 11.9 Å². The number of anilines is 2. The van der Waals surface area contributed by atoms with Gasteiger partial charge in [-0.3, -0.25) is 4.79 Å². The molecule has 162 valence electrons. The maximum Gasteiger partial charge on any atom is 0.244 e. The lowest BCUT2D eigenvalue weighted by molar-refractivity contribution is -0.120. The van der Waals surface area contributed by atoms with Crippen LogP contribution in [0.2, 0.25) is 0 Å². The molecule has 1 aliphatic carbocycles. The van der Waals surface area contributed by atoms with Crippen LogP contribution in [0.25, 0.3) is 11.4 Å². The van der Waals surface area contributed by atoms with E-state index in [-0.39, 0.29) is 23.3 Å². The van der Waals surface area contributed by atoms with Gasteiger partial charge in [0.1, 0.15) is 0 Å². The van der Waals surface area contributed by atoms with Crippen LogP contribution in [0.4, 0.5) is 11.4 Å². The van der Waals surface area contributed by atoms with E-state index in [4.69, 9.17) is 10.3 Å². The fourth-order valence-corrected chi connectivity index (χ4v) is 3.55. The Labute approximate surface area is 186 Å². The number of carbonyl (C=O) groups excluding carboxylic acids is 1. The molecular formula is C23H27N5O2S. The molecule has 1 saturated carbocycles. The van der Waals surface area contributed by atoms with Crippen LogP contribution in [0.3, 0.4) is 0 Å². The van der Waals surface area contributed by atoms with Crippen LogP contribution in [0.15, 0.2) is 57.9 Å². The normalized spacial score (nSPS) is 15.5. The molecule has 1 amide bonds. The Hall–Kier alpha value is -2.84. The van der Waals surface area contributed by atoms with Gasteiger partial charge in [0.15, 0.2) is 0 Å². The first-order chi connectivity index (χ1) is 14.8. The van der Waals surface area contributed by atoms with Gasteiger partial charge < -0.3 is 20.3 Å². The number of hydrogen-bond donors (Lipinski definition) is 3.